The number of carbonyl (C=O) groups is 1. The topological polar surface area (TPSA) is 46.5 Å². The van der Waals surface area contributed by atoms with Crippen molar-refractivity contribution in [3.8, 4) is 0 Å². The number of hydrogen-bond acceptors (Lipinski definition) is 3. The number of aliphatic hydroxyl groups is 1. The maximum Gasteiger partial charge on any atom is 0.414 e. The zero-order chi connectivity index (χ0) is 12.6. The van der Waals surface area contributed by atoms with E-state index in [-0.39, 0.29) is 6.61 Å². The first-order valence-electron chi connectivity index (χ1n) is 5.28. The molecule has 0 aliphatic carbocycles. The minimum absolute atomic E-state index is 0.114. The summed E-state index contributed by atoms with van der Waals surface area (Å²) in [5, 5.41) is 8.57. The molecule has 96 valence electrons. The number of halogens is 3. The van der Waals surface area contributed by atoms with Crippen LogP contribution in [0.1, 0.15) is 39.0 Å². The van der Waals surface area contributed by atoms with Crippen LogP contribution in [0.5, 0.6) is 0 Å². The normalized spacial score (nSPS) is 13.6. The van der Waals surface area contributed by atoms with E-state index < -0.39 is 24.7 Å². The highest BCUT2D eigenvalue weighted by Gasteiger charge is 2.39. The second kappa shape index (κ2) is 7.49. The molecular formula is C10H17F3O3. The molecule has 0 radical (unpaired) electrons. The predicted molar refractivity (Wildman–Crippen MR) is 51.8 cm³/mol. The highest BCUT2D eigenvalue weighted by molar-refractivity contribution is 5.70. The first-order chi connectivity index (χ1) is 7.38. The number of esters is 1. The van der Waals surface area contributed by atoms with E-state index in [4.69, 9.17) is 5.11 Å². The van der Waals surface area contributed by atoms with Crippen LogP contribution in [0.4, 0.5) is 13.2 Å². The molecule has 0 amide bonds. The van der Waals surface area contributed by atoms with Crippen molar-refractivity contribution in [2.45, 2.75) is 51.3 Å². The van der Waals surface area contributed by atoms with Gasteiger partial charge in [0.05, 0.1) is 13.0 Å². The van der Waals surface area contributed by atoms with Crippen molar-refractivity contribution in [1.29, 1.82) is 0 Å². The monoisotopic (exact) mass is 242 g/mol. The van der Waals surface area contributed by atoms with Gasteiger partial charge in [0, 0.05) is 0 Å². The minimum Gasteiger partial charge on any atom is -0.466 e. The fraction of sp³-hybridized carbons (Fsp3) is 0.900. The molecule has 0 unspecified atom stereocenters. The molecule has 0 saturated heterocycles. The van der Waals surface area contributed by atoms with Crippen LogP contribution in [0.25, 0.3) is 0 Å². The van der Waals surface area contributed by atoms with Gasteiger partial charge in [-0.05, 0) is 6.42 Å². The molecule has 1 atom stereocenters. The van der Waals surface area contributed by atoms with Crippen LogP contribution in [0.3, 0.4) is 0 Å². The number of aliphatic hydroxyl groups excluding tert-OH is 1. The van der Waals surface area contributed by atoms with Crippen molar-refractivity contribution in [3.05, 3.63) is 0 Å². The highest BCUT2D eigenvalue weighted by Crippen LogP contribution is 2.22. The van der Waals surface area contributed by atoms with Crippen LogP contribution in [0, 0.1) is 0 Å². The molecule has 3 nitrogen and oxygen atoms in total. The number of unbranched alkanes of at least 4 members (excludes halogenated alkanes) is 3. The molecule has 0 aromatic carbocycles. The third-order valence-electron chi connectivity index (χ3n) is 2.00. The first-order valence-corrected chi connectivity index (χ1v) is 5.28. The van der Waals surface area contributed by atoms with E-state index in [1.54, 1.807) is 0 Å². The van der Waals surface area contributed by atoms with Crippen molar-refractivity contribution in [2.24, 2.45) is 0 Å². The minimum atomic E-state index is -4.76. The van der Waals surface area contributed by atoms with Gasteiger partial charge in [-0.2, -0.15) is 13.2 Å². The highest BCUT2D eigenvalue weighted by atomic mass is 19.4. The first kappa shape index (κ1) is 15.2. The molecule has 0 fully saturated rings. The molecule has 0 rings (SSSR count). The lowest BCUT2D eigenvalue weighted by molar-refractivity contribution is -0.209. The largest absolute Gasteiger partial charge is 0.466 e. The Hall–Kier alpha value is -0.780. The summed E-state index contributed by atoms with van der Waals surface area (Å²) in [7, 11) is 0. The molecular weight excluding hydrogens is 225 g/mol. The van der Waals surface area contributed by atoms with Crippen LogP contribution in [0.2, 0.25) is 0 Å². The maximum absolute atomic E-state index is 11.8. The second-order valence-electron chi connectivity index (χ2n) is 3.54. The molecule has 0 aromatic rings. The molecule has 0 heterocycles. The Morgan fingerprint density at radius 3 is 2.44 bits per heavy atom. The predicted octanol–water partition coefficient (Wildman–Crippen LogP) is 2.42. The SMILES string of the molecule is CCCCCCOC(=O)C[C@@H](O)C(F)(F)F. The smallest absolute Gasteiger partial charge is 0.414 e. The Morgan fingerprint density at radius 1 is 1.31 bits per heavy atom. The van der Waals surface area contributed by atoms with Crippen molar-refractivity contribution in [1.82, 2.24) is 0 Å². The van der Waals surface area contributed by atoms with E-state index in [1.807, 2.05) is 6.92 Å². The summed E-state index contributed by atoms with van der Waals surface area (Å²) in [5.74, 6) is -1.01. The molecule has 1 N–H and O–H groups in total. The van der Waals surface area contributed by atoms with E-state index in [1.165, 1.54) is 0 Å². The summed E-state index contributed by atoms with van der Waals surface area (Å²) >= 11 is 0. The molecule has 0 aromatic heterocycles. The maximum atomic E-state index is 11.8. The van der Waals surface area contributed by atoms with Crippen LogP contribution in [-0.4, -0.2) is 30.0 Å². The zero-order valence-electron chi connectivity index (χ0n) is 9.22. The lowest BCUT2D eigenvalue weighted by atomic mass is 10.2. The van der Waals surface area contributed by atoms with Gasteiger partial charge < -0.3 is 9.84 Å². The van der Waals surface area contributed by atoms with Gasteiger partial charge >= 0.3 is 12.1 Å². The third-order valence-corrected chi connectivity index (χ3v) is 2.00. The summed E-state index contributed by atoms with van der Waals surface area (Å²) in [5.41, 5.74) is 0. The zero-order valence-corrected chi connectivity index (χ0v) is 9.22. The van der Waals surface area contributed by atoms with E-state index >= 15 is 0 Å². The second-order valence-corrected chi connectivity index (χ2v) is 3.54. The van der Waals surface area contributed by atoms with Crippen LogP contribution in [0.15, 0.2) is 0 Å². The van der Waals surface area contributed by atoms with E-state index in [2.05, 4.69) is 4.74 Å². The summed E-state index contributed by atoms with van der Waals surface area (Å²) in [6.07, 6.45) is -4.87. The van der Waals surface area contributed by atoms with E-state index in [0.29, 0.717) is 6.42 Å². The Labute approximate surface area is 92.6 Å². The average molecular weight is 242 g/mol. The number of ether oxygens (including phenoxy) is 1. The van der Waals surface area contributed by atoms with Gasteiger partial charge in [0.25, 0.3) is 0 Å². The lowest BCUT2D eigenvalue weighted by Gasteiger charge is -2.13. The Bertz CT molecular complexity index is 204. The number of alkyl halides is 3. The van der Waals surface area contributed by atoms with Gasteiger partial charge in [0.1, 0.15) is 0 Å². The van der Waals surface area contributed by atoms with Crippen molar-refractivity contribution >= 4 is 5.97 Å². The Kier molecular flexibility index (Phi) is 7.12. The van der Waals surface area contributed by atoms with Crippen LogP contribution >= 0.6 is 0 Å². The molecule has 0 saturated carbocycles. The average Bonchev–Trinajstić information content (AvgIpc) is 2.16. The number of hydrogen-bond donors (Lipinski definition) is 1. The summed E-state index contributed by atoms with van der Waals surface area (Å²) in [6, 6.07) is 0. The van der Waals surface area contributed by atoms with Gasteiger partial charge in [-0.15, -0.1) is 0 Å². The van der Waals surface area contributed by atoms with Gasteiger partial charge in [0.2, 0.25) is 0 Å². The molecule has 16 heavy (non-hydrogen) atoms. The molecule has 0 spiro atoms. The standard InChI is InChI=1S/C10H17F3O3/c1-2-3-4-5-6-16-9(15)7-8(14)10(11,12)13/h8,14H,2-7H2,1H3/t8-/m1/s1. The number of carbonyl (C=O) groups excluding carboxylic acids is 1. The van der Waals surface area contributed by atoms with Gasteiger partial charge in [0.15, 0.2) is 6.10 Å². The summed E-state index contributed by atoms with van der Waals surface area (Å²) < 4.78 is 40.1. The van der Waals surface area contributed by atoms with Gasteiger partial charge in [-0.3, -0.25) is 4.79 Å². The summed E-state index contributed by atoms with van der Waals surface area (Å²) in [6.45, 7) is 2.13. The molecule has 0 aliphatic rings. The van der Waals surface area contributed by atoms with Crippen LogP contribution < -0.4 is 0 Å². The quantitative estimate of drug-likeness (QED) is 0.551. The van der Waals surface area contributed by atoms with Gasteiger partial charge in [-0.25, -0.2) is 0 Å². The Balaban J connectivity index is 3.59. The molecule has 6 heteroatoms. The van der Waals surface area contributed by atoms with E-state index in [0.717, 1.165) is 19.3 Å². The van der Waals surface area contributed by atoms with E-state index in [9.17, 15) is 18.0 Å². The fourth-order valence-electron chi connectivity index (χ4n) is 1.05. The van der Waals surface area contributed by atoms with Crippen molar-refractivity contribution in [3.63, 3.8) is 0 Å². The molecule has 0 aliphatic heterocycles. The summed E-state index contributed by atoms with van der Waals surface area (Å²) in [4.78, 5) is 10.9. The van der Waals surface area contributed by atoms with Gasteiger partial charge in [-0.1, -0.05) is 26.2 Å². The van der Waals surface area contributed by atoms with Crippen molar-refractivity contribution < 1.29 is 27.8 Å². The molecule has 0 bridgehead atoms. The van der Waals surface area contributed by atoms with Crippen molar-refractivity contribution in [2.75, 3.05) is 6.61 Å². The number of rotatable bonds is 7. The Morgan fingerprint density at radius 2 is 1.94 bits per heavy atom. The lowest BCUT2D eigenvalue weighted by Crippen LogP contribution is -2.31. The van der Waals surface area contributed by atoms with Crippen LogP contribution in [-0.2, 0) is 9.53 Å². The fourth-order valence-corrected chi connectivity index (χ4v) is 1.05. The third kappa shape index (κ3) is 7.50.